The number of fused-ring (bicyclic) bond motifs is 2. The highest BCUT2D eigenvalue weighted by Gasteiger charge is 2.45. The van der Waals surface area contributed by atoms with Gasteiger partial charge < -0.3 is 40.2 Å². The molecule has 55 heavy (non-hydrogen) atoms. The number of hydrogen-bond acceptors (Lipinski definition) is 11. The molecule has 2 aromatic carbocycles. The molecule has 1 atom stereocenters. The number of benzene rings is 2. The van der Waals surface area contributed by atoms with Gasteiger partial charge in [-0.25, -0.2) is 9.59 Å². The van der Waals surface area contributed by atoms with Crippen LogP contribution in [0.2, 0.25) is 0 Å². The number of H-pyrrole nitrogens is 2. The van der Waals surface area contributed by atoms with Crippen molar-refractivity contribution in [3.63, 3.8) is 0 Å². The van der Waals surface area contributed by atoms with Crippen LogP contribution < -0.4 is 16.6 Å². The largest absolute Gasteiger partial charge is 0.506 e. The third kappa shape index (κ3) is 8.74. The number of aryl methyl sites for hydroxylation is 1. The maximum atomic E-state index is 13.4. The second kappa shape index (κ2) is 17.8. The number of nitrogens with one attached hydrogen (secondary N) is 3. The van der Waals surface area contributed by atoms with Crippen LogP contribution in [0.4, 0.5) is 9.41 Å². The van der Waals surface area contributed by atoms with Crippen LogP contribution >= 0.6 is 22.7 Å². The number of hydrogen-bond donors (Lipinski definition) is 6. The number of pyridine rings is 1. The van der Waals surface area contributed by atoms with Gasteiger partial charge in [-0.05, 0) is 104 Å². The lowest BCUT2D eigenvalue weighted by Crippen LogP contribution is -2.42. The van der Waals surface area contributed by atoms with Gasteiger partial charge in [0.15, 0.2) is 0 Å². The molecular formula is C39H45F2N5O7S2. The van der Waals surface area contributed by atoms with Gasteiger partial charge in [-0.3, -0.25) is 18.8 Å². The fourth-order valence-corrected chi connectivity index (χ4v) is 9.06. The first-order chi connectivity index (χ1) is 25.6. The molecule has 16 heteroatoms. The molecule has 0 radical (unpaired) electrons. The Morgan fingerprint density at radius 1 is 1.00 bits per heavy atom. The van der Waals surface area contributed by atoms with Crippen LogP contribution in [-0.2, 0) is 28.2 Å². The molecule has 294 valence electrons. The number of aliphatic hydroxyl groups is 2. The number of rotatable bonds is 14. The molecule has 1 saturated carbocycles. The molecule has 6 aromatic rings. The monoisotopic (exact) mass is 797 g/mol. The van der Waals surface area contributed by atoms with E-state index in [2.05, 4.69) is 27.2 Å². The van der Waals surface area contributed by atoms with E-state index in [9.17, 15) is 29.7 Å². The number of aromatic nitrogens is 3. The normalized spacial score (nSPS) is 16.5. The van der Waals surface area contributed by atoms with E-state index in [1.54, 1.807) is 28.8 Å². The number of carbonyl (C=O) groups is 1. The second-order valence-electron chi connectivity index (χ2n) is 13.7. The molecule has 1 aliphatic carbocycles. The van der Waals surface area contributed by atoms with Gasteiger partial charge in [0, 0.05) is 37.1 Å². The topological polar surface area (TPSA) is 173 Å². The number of esters is 1. The van der Waals surface area contributed by atoms with Gasteiger partial charge in [-0.1, -0.05) is 24.3 Å². The SMILES string of the molecule is CN(CCCn1c(=O)[nH]c2cc(CNC[C@@H](O)c3ccc(O)c4[nH]c(=O)ccc34)ccc21)C1CCC(OC(=O)C(O)(c2cccs2)c2cccs2)CC1.F.F. The molecule has 1 fully saturated rings. The first-order valence-corrected chi connectivity index (χ1v) is 19.5. The first-order valence-electron chi connectivity index (χ1n) is 17.8. The van der Waals surface area contributed by atoms with E-state index in [1.165, 1.54) is 34.8 Å². The fraction of sp³-hybridized carbons (Fsp3) is 0.359. The summed E-state index contributed by atoms with van der Waals surface area (Å²) < 4.78 is 7.69. The van der Waals surface area contributed by atoms with E-state index >= 15 is 0 Å². The van der Waals surface area contributed by atoms with Crippen molar-refractivity contribution in [3.05, 3.63) is 119 Å². The van der Waals surface area contributed by atoms with Gasteiger partial charge in [0.05, 0.1) is 32.4 Å². The Morgan fingerprint density at radius 3 is 2.38 bits per heavy atom. The van der Waals surface area contributed by atoms with Crippen LogP contribution in [0.1, 0.15) is 59.1 Å². The number of aromatic amines is 2. The Labute approximate surface area is 322 Å². The van der Waals surface area contributed by atoms with E-state index in [-0.39, 0.29) is 44.6 Å². The van der Waals surface area contributed by atoms with Crippen molar-refractivity contribution < 1.29 is 34.3 Å². The smallest absolute Gasteiger partial charge is 0.349 e. The number of phenols is 1. The second-order valence-corrected chi connectivity index (χ2v) is 15.6. The van der Waals surface area contributed by atoms with Crippen molar-refractivity contribution >= 4 is 50.6 Å². The molecule has 12 nitrogen and oxygen atoms in total. The van der Waals surface area contributed by atoms with E-state index in [1.807, 2.05) is 41.1 Å². The Bertz CT molecular complexity index is 2270. The summed E-state index contributed by atoms with van der Waals surface area (Å²) in [4.78, 5) is 47.1. The third-order valence-corrected chi connectivity index (χ3v) is 12.2. The predicted octanol–water partition coefficient (Wildman–Crippen LogP) is 5.24. The summed E-state index contributed by atoms with van der Waals surface area (Å²) in [5.74, 6) is -0.677. The van der Waals surface area contributed by atoms with Crippen LogP contribution in [0, 0.1) is 0 Å². The van der Waals surface area contributed by atoms with E-state index in [0.717, 1.165) is 55.2 Å². The highest BCUT2D eigenvalue weighted by molar-refractivity contribution is 7.12. The summed E-state index contributed by atoms with van der Waals surface area (Å²) in [7, 11) is 2.10. The number of thiophene rings is 2. The summed E-state index contributed by atoms with van der Waals surface area (Å²) in [6.07, 6.45) is 2.85. The molecule has 7 rings (SSSR count). The van der Waals surface area contributed by atoms with Crippen LogP contribution in [-0.4, -0.2) is 73.0 Å². The van der Waals surface area contributed by atoms with Crippen molar-refractivity contribution in [2.75, 3.05) is 20.1 Å². The predicted molar refractivity (Wildman–Crippen MR) is 211 cm³/mol. The Morgan fingerprint density at radius 2 is 1.71 bits per heavy atom. The zero-order chi connectivity index (χ0) is 37.1. The maximum Gasteiger partial charge on any atom is 0.349 e. The van der Waals surface area contributed by atoms with Gasteiger partial charge in [0.25, 0.3) is 0 Å². The van der Waals surface area contributed by atoms with Crippen LogP contribution in [0.15, 0.2) is 87.1 Å². The van der Waals surface area contributed by atoms with Gasteiger partial charge in [0.2, 0.25) is 11.2 Å². The number of aliphatic hydroxyl groups excluding tert-OH is 1. The van der Waals surface area contributed by atoms with Crippen molar-refractivity contribution in [1.29, 1.82) is 0 Å². The zero-order valence-corrected chi connectivity index (χ0v) is 31.7. The molecule has 4 heterocycles. The number of imidazole rings is 1. The fourth-order valence-electron chi connectivity index (χ4n) is 7.35. The molecule has 0 saturated heterocycles. The molecule has 6 N–H and O–H groups in total. The lowest BCUT2D eigenvalue weighted by Gasteiger charge is -2.35. The summed E-state index contributed by atoms with van der Waals surface area (Å²) in [6, 6.07) is 19.4. The molecule has 0 amide bonds. The number of halogens is 2. The van der Waals surface area contributed by atoms with E-state index in [4.69, 9.17) is 4.74 Å². The minimum atomic E-state index is -1.80. The Balaban J connectivity index is 0.00000290. The lowest BCUT2D eigenvalue weighted by molar-refractivity contribution is -0.169. The standard InChI is InChI=1S/C39H43N5O7S2.2FH/c1-43(25-8-10-26(11-9-25)51-37(48)39(50,33-5-2-19-52-33)34-6-3-20-53-34)17-4-18-44-30-14-7-24(21-29(30)41-38(44)49)22-40-23-32(46)27-12-15-31(45)36-28(27)13-16-35(47)42-36;;/h2-3,5-7,12-16,19-21,25-26,32,40,45-46,50H,4,8-11,17-18,22-23H2,1H3,(H,41,49)(H,42,47);2*1H/t25?,26?,32-;;/m1../s1. The van der Waals surface area contributed by atoms with Crippen molar-refractivity contribution in [2.24, 2.45) is 0 Å². The molecule has 1 aliphatic rings. The quantitative estimate of drug-likeness (QED) is 0.0807. The Hall–Kier alpha value is -4.71. The molecule has 0 aliphatic heterocycles. The van der Waals surface area contributed by atoms with Crippen molar-refractivity contribution in [2.45, 2.75) is 69.0 Å². The maximum absolute atomic E-state index is 13.4. The first kappa shape index (κ1) is 41.5. The summed E-state index contributed by atoms with van der Waals surface area (Å²) in [6.45, 7) is 2.07. The van der Waals surface area contributed by atoms with Gasteiger partial charge in [-0.2, -0.15) is 0 Å². The summed E-state index contributed by atoms with van der Waals surface area (Å²) in [5, 5.41) is 40.1. The molecule has 0 unspecified atom stereocenters. The number of aromatic hydroxyl groups is 1. The van der Waals surface area contributed by atoms with Crippen LogP contribution in [0.25, 0.3) is 21.9 Å². The van der Waals surface area contributed by atoms with Crippen LogP contribution in [0.5, 0.6) is 5.75 Å². The average molecular weight is 798 g/mol. The highest BCUT2D eigenvalue weighted by atomic mass is 32.1. The lowest BCUT2D eigenvalue weighted by atomic mass is 9.91. The molecule has 0 bridgehead atoms. The number of carbonyl (C=O) groups excluding carboxylic acids is 1. The number of nitrogens with zero attached hydrogens (tertiary/aromatic N) is 2. The summed E-state index contributed by atoms with van der Waals surface area (Å²) >= 11 is 2.68. The summed E-state index contributed by atoms with van der Waals surface area (Å²) in [5.41, 5.74) is 1.11. The third-order valence-electron chi connectivity index (χ3n) is 10.3. The Kier molecular flexibility index (Phi) is 13.4. The van der Waals surface area contributed by atoms with Gasteiger partial charge in [0.1, 0.15) is 11.9 Å². The minimum Gasteiger partial charge on any atom is -0.506 e. The minimum absolute atomic E-state index is 0. The van der Waals surface area contributed by atoms with Gasteiger partial charge >= 0.3 is 11.7 Å². The van der Waals surface area contributed by atoms with Crippen molar-refractivity contribution in [3.8, 4) is 5.75 Å². The highest BCUT2D eigenvalue weighted by Crippen LogP contribution is 2.38. The number of ether oxygens (including phenoxy) is 1. The zero-order valence-electron chi connectivity index (χ0n) is 30.1. The average Bonchev–Trinajstić information content (AvgIpc) is 3.95. The van der Waals surface area contributed by atoms with Gasteiger partial charge in [-0.15, -0.1) is 22.7 Å². The number of phenolic OH excluding ortho intramolecular Hbond substituents is 1. The molecular weight excluding hydrogens is 753 g/mol. The van der Waals surface area contributed by atoms with Crippen LogP contribution in [0.3, 0.4) is 0 Å². The van der Waals surface area contributed by atoms with E-state index in [0.29, 0.717) is 39.8 Å². The van der Waals surface area contributed by atoms with E-state index < -0.39 is 17.7 Å². The van der Waals surface area contributed by atoms with Crippen molar-refractivity contribution in [1.82, 2.24) is 24.8 Å². The molecule has 0 spiro atoms. The molecule has 4 aromatic heterocycles.